The topological polar surface area (TPSA) is 9.23 Å². The predicted molar refractivity (Wildman–Crippen MR) is 119 cm³/mol. The Hall–Kier alpha value is -2.18. The first-order chi connectivity index (χ1) is 16.1. The second-order valence-electron chi connectivity index (χ2n) is 9.56. The zero-order valence-electron chi connectivity index (χ0n) is 19.5. The van der Waals surface area contributed by atoms with Gasteiger partial charge in [-0.25, -0.2) is 8.78 Å². The van der Waals surface area contributed by atoms with E-state index in [1.807, 2.05) is 0 Å². The van der Waals surface area contributed by atoms with E-state index < -0.39 is 51.5 Å². The van der Waals surface area contributed by atoms with Crippen molar-refractivity contribution in [2.75, 3.05) is 6.61 Å². The lowest BCUT2D eigenvalue weighted by Gasteiger charge is -2.36. The van der Waals surface area contributed by atoms with Crippen LogP contribution in [0.25, 0.3) is 11.1 Å². The summed E-state index contributed by atoms with van der Waals surface area (Å²) in [5, 5.41) is 0. The molecule has 1 nitrogen and oxygen atoms in total. The largest absolute Gasteiger partial charge is 0.491 e. The average molecular weight is 485 g/mol. The number of hydrogen-bond donors (Lipinski definition) is 0. The summed E-state index contributed by atoms with van der Waals surface area (Å²) in [7, 11) is 0. The summed E-state index contributed by atoms with van der Waals surface area (Å²) in [6.45, 7) is 3.75. The van der Waals surface area contributed by atoms with E-state index in [-0.39, 0.29) is 6.61 Å². The molecular formula is C27H30F6O. The molecule has 0 aromatic heterocycles. The van der Waals surface area contributed by atoms with Gasteiger partial charge in [0.05, 0.1) is 17.7 Å². The van der Waals surface area contributed by atoms with Crippen molar-refractivity contribution in [2.24, 2.45) is 11.8 Å². The Morgan fingerprint density at radius 2 is 1.47 bits per heavy atom. The third-order valence-electron chi connectivity index (χ3n) is 7.40. The molecule has 186 valence electrons. The van der Waals surface area contributed by atoms with Gasteiger partial charge in [-0.2, -0.15) is 17.6 Å². The molecule has 0 aliphatic heterocycles. The lowest BCUT2D eigenvalue weighted by Crippen LogP contribution is -2.41. The zero-order chi connectivity index (χ0) is 24.7. The van der Waals surface area contributed by atoms with E-state index >= 15 is 13.2 Å². The Morgan fingerprint density at radius 1 is 0.853 bits per heavy atom. The van der Waals surface area contributed by atoms with Gasteiger partial charge in [0.1, 0.15) is 5.82 Å². The molecule has 0 N–H and O–H groups in total. The molecule has 7 heteroatoms. The van der Waals surface area contributed by atoms with Gasteiger partial charge in [-0.15, -0.1) is 0 Å². The van der Waals surface area contributed by atoms with Gasteiger partial charge in [-0.05, 0) is 60.4 Å². The van der Waals surface area contributed by atoms with E-state index in [1.165, 1.54) is 18.6 Å². The van der Waals surface area contributed by atoms with Gasteiger partial charge in [-0.1, -0.05) is 57.6 Å². The van der Waals surface area contributed by atoms with Crippen molar-refractivity contribution in [3.8, 4) is 16.9 Å². The third-order valence-corrected chi connectivity index (χ3v) is 7.40. The Kier molecular flexibility index (Phi) is 6.94. The van der Waals surface area contributed by atoms with Gasteiger partial charge in [0, 0.05) is 0 Å². The van der Waals surface area contributed by atoms with Crippen LogP contribution in [0, 0.1) is 23.5 Å². The van der Waals surface area contributed by atoms with Gasteiger partial charge < -0.3 is 4.74 Å². The molecule has 0 atom stereocenters. The first kappa shape index (κ1) is 24.9. The fourth-order valence-corrected chi connectivity index (χ4v) is 5.65. The fourth-order valence-electron chi connectivity index (χ4n) is 5.65. The first-order valence-electron chi connectivity index (χ1n) is 12.2. The summed E-state index contributed by atoms with van der Waals surface area (Å²) < 4.78 is 94.8. The quantitative estimate of drug-likeness (QED) is 0.357. The maximum atomic E-state index is 15.5. The Balaban J connectivity index is 1.74. The van der Waals surface area contributed by atoms with Crippen LogP contribution in [0.15, 0.2) is 24.3 Å². The second-order valence-corrected chi connectivity index (χ2v) is 9.56. The molecule has 2 aliphatic carbocycles. The van der Waals surface area contributed by atoms with Crippen LogP contribution in [0.3, 0.4) is 0 Å². The summed E-state index contributed by atoms with van der Waals surface area (Å²) in [4.78, 5) is 0. The van der Waals surface area contributed by atoms with Crippen LogP contribution in [0.2, 0.25) is 0 Å². The standard InChI is InChI=1S/C27H30F6O/c1-3-6-16-9-11-17(12-10-16)13-14-18-15-20-19-7-5-8-21(28)22(19)26(30,31)27(32,33)23(20)24(29)25(18)34-4-2/h5,7-8,15-17H,3-4,6,9-14H2,1-2H3. The van der Waals surface area contributed by atoms with Crippen molar-refractivity contribution in [2.45, 2.75) is 77.1 Å². The summed E-state index contributed by atoms with van der Waals surface area (Å²) in [6.07, 6.45) is 7.86. The van der Waals surface area contributed by atoms with Crippen molar-refractivity contribution >= 4 is 0 Å². The molecule has 0 radical (unpaired) electrons. The van der Waals surface area contributed by atoms with E-state index in [1.54, 1.807) is 6.92 Å². The van der Waals surface area contributed by atoms with Crippen LogP contribution in [0.4, 0.5) is 26.3 Å². The van der Waals surface area contributed by atoms with Crippen molar-refractivity contribution in [3.05, 3.63) is 52.6 Å². The molecule has 2 aromatic rings. The van der Waals surface area contributed by atoms with Crippen molar-refractivity contribution in [1.82, 2.24) is 0 Å². The van der Waals surface area contributed by atoms with E-state index in [0.717, 1.165) is 50.5 Å². The number of benzene rings is 2. The Bertz CT molecular complexity index is 1040. The van der Waals surface area contributed by atoms with Crippen molar-refractivity contribution in [3.63, 3.8) is 0 Å². The van der Waals surface area contributed by atoms with E-state index in [4.69, 9.17) is 4.74 Å². The third kappa shape index (κ3) is 4.09. The first-order valence-corrected chi connectivity index (χ1v) is 12.2. The summed E-state index contributed by atoms with van der Waals surface area (Å²) in [5.41, 5.74) is -3.27. The molecule has 0 bridgehead atoms. The number of aryl methyl sites for hydroxylation is 1. The molecule has 0 amide bonds. The molecule has 2 aliphatic rings. The van der Waals surface area contributed by atoms with Crippen LogP contribution in [-0.4, -0.2) is 6.61 Å². The van der Waals surface area contributed by atoms with Crippen LogP contribution < -0.4 is 4.74 Å². The molecule has 1 fully saturated rings. The van der Waals surface area contributed by atoms with Gasteiger partial charge in [0.25, 0.3) is 0 Å². The highest BCUT2D eigenvalue weighted by molar-refractivity contribution is 5.78. The minimum absolute atomic E-state index is 0.00197. The minimum Gasteiger partial charge on any atom is -0.491 e. The smallest absolute Gasteiger partial charge is 0.343 e. The number of halogens is 6. The maximum absolute atomic E-state index is 15.5. The van der Waals surface area contributed by atoms with Gasteiger partial charge >= 0.3 is 11.8 Å². The van der Waals surface area contributed by atoms with E-state index in [0.29, 0.717) is 24.0 Å². The number of ether oxygens (including phenoxy) is 1. The molecule has 0 saturated heterocycles. The van der Waals surface area contributed by atoms with Gasteiger partial charge in [0.15, 0.2) is 11.6 Å². The zero-order valence-corrected chi connectivity index (χ0v) is 19.5. The van der Waals surface area contributed by atoms with E-state index in [2.05, 4.69) is 6.92 Å². The maximum Gasteiger partial charge on any atom is 0.343 e. The molecule has 2 aromatic carbocycles. The second kappa shape index (κ2) is 9.46. The summed E-state index contributed by atoms with van der Waals surface area (Å²) in [5.74, 6) is -12.0. The fraction of sp³-hybridized carbons (Fsp3) is 0.556. The average Bonchev–Trinajstić information content (AvgIpc) is 2.79. The predicted octanol–water partition coefficient (Wildman–Crippen LogP) is 8.77. The summed E-state index contributed by atoms with van der Waals surface area (Å²) >= 11 is 0. The van der Waals surface area contributed by atoms with Crippen LogP contribution in [0.1, 0.15) is 75.5 Å². The lowest BCUT2D eigenvalue weighted by molar-refractivity contribution is -0.227. The van der Waals surface area contributed by atoms with Crippen molar-refractivity contribution < 1.29 is 31.1 Å². The molecule has 0 heterocycles. The van der Waals surface area contributed by atoms with Crippen LogP contribution in [-0.2, 0) is 18.3 Å². The van der Waals surface area contributed by atoms with E-state index in [9.17, 15) is 13.2 Å². The molecule has 0 spiro atoms. The Morgan fingerprint density at radius 3 is 2.09 bits per heavy atom. The number of fused-ring (bicyclic) bond motifs is 3. The van der Waals surface area contributed by atoms with Crippen LogP contribution in [0.5, 0.6) is 5.75 Å². The normalized spacial score (nSPS) is 22.7. The molecule has 1 saturated carbocycles. The SMILES string of the molecule is CCCC1CCC(CCc2cc3c(c(F)c2OCC)C(F)(F)C(F)(F)c2c(F)cccc2-3)CC1. The monoisotopic (exact) mass is 484 g/mol. The molecule has 4 rings (SSSR count). The van der Waals surface area contributed by atoms with Gasteiger partial charge in [-0.3, -0.25) is 0 Å². The number of alkyl halides is 4. The van der Waals surface area contributed by atoms with Crippen LogP contribution >= 0.6 is 0 Å². The molecular weight excluding hydrogens is 454 g/mol. The highest BCUT2D eigenvalue weighted by atomic mass is 19.3. The highest BCUT2D eigenvalue weighted by Gasteiger charge is 2.65. The van der Waals surface area contributed by atoms with Gasteiger partial charge in [0.2, 0.25) is 0 Å². The summed E-state index contributed by atoms with van der Waals surface area (Å²) in [6, 6.07) is 4.32. The minimum atomic E-state index is -4.93. The molecule has 0 unspecified atom stereocenters. The number of rotatable bonds is 7. The highest BCUT2D eigenvalue weighted by Crippen LogP contribution is 2.60. The Labute approximate surface area is 196 Å². The lowest BCUT2D eigenvalue weighted by atomic mass is 9.76. The molecule has 34 heavy (non-hydrogen) atoms. The number of hydrogen-bond acceptors (Lipinski definition) is 1. The van der Waals surface area contributed by atoms with Crippen molar-refractivity contribution in [1.29, 1.82) is 0 Å².